The maximum atomic E-state index is 6.04. The van der Waals surface area contributed by atoms with E-state index in [4.69, 9.17) is 26.8 Å². The highest BCUT2D eigenvalue weighted by molar-refractivity contribution is 6.31. The fraction of sp³-hybridized carbons (Fsp3) is 0.757. The Balaban J connectivity index is 0.000000496. The molecule has 0 atom stereocenters. The summed E-state index contributed by atoms with van der Waals surface area (Å²) in [5.41, 5.74) is 7.53. The number of pyridine rings is 1. The molecule has 5 nitrogen and oxygen atoms in total. The summed E-state index contributed by atoms with van der Waals surface area (Å²) in [5.74, 6) is 0. The first-order valence-corrected chi connectivity index (χ1v) is 18.2. The molecule has 0 bridgehead atoms. The predicted octanol–water partition coefficient (Wildman–Crippen LogP) is 11.1. The number of hydrogen-bond acceptors (Lipinski definition) is 5. The second-order valence-corrected chi connectivity index (χ2v) is 12.3. The molecule has 0 aliphatic rings. The van der Waals surface area contributed by atoms with E-state index in [9.17, 15) is 0 Å². The van der Waals surface area contributed by atoms with E-state index in [1.165, 1.54) is 128 Å². The van der Waals surface area contributed by atoms with Gasteiger partial charge in [0.25, 0.3) is 0 Å². The van der Waals surface area contributed by atoms with Gasteiger partial charge in [-0.05, 0) is 69.3 Å². The number of nitrogens with one attached hydrogen (secondary N) is 1. The van der Waals surface area contributed by atoms with Crippen LogP contribution in [0.5, 0.6) is 0 Å². The molecule has 248 valence electrons. The molecule has 0 fully saturated rings. The fourth-order valence-corrected chi connectivity index (χ4v) is 5.22. The number of nitrogens with two attached hydrogens (primary N) is 1. The zero-order valence-electron chi connectivity index (χ0n) is 28.0. The third-order valence-corrected chi connectivity index (χ3v) is 8.00. The first kappa shape index (κ1) is 39.6. The predicted molar refractivity (Wildman–Crippen MR) is 190 cm³/mol. The molecule has 0 aliphatic carbocycles. The third kappa shape index (κ3) is 23.6. The number of hydrogen-bond donors (Lipinski definition) is 2. The van der Waals surface area contributed by atoms with E-state index in [1.54, 1.807) is 0 Å². The zero-order chi connectivity index (χ0) is 31.1. The maximum Gasteiger partial charge on any atom is 0.0737 e. The molecule has 2 aromatic rings. The minimum absolute atomic E-state index is 0.731. The zero-order valence-corrected chi connectivity index (χ0v) is 28.7. The number of anilines is 1. The van der Waals surface area contributed by atoms with Gasteiger partial charge in [0.1, 0.15) is 0 Å². The highest BCUT2D eigenvalue weighted by Crippen LogP contribution is 2.24. The SMILES string of the molecule is CCCCCCOCCCCCCCCN.CCCCCCOCCCCCCCCNc1ccnc2cc(Cl)ccc12. The number of halogens is 1. The van der Waals surface area contributed by atoms with E-state index < -0.39 is 0 Å². The number of fused-ring (bicyclic) bond motifs is 1. The highest BCUT2D eigenvalue weighted by Gasteiger charge is 2.02. The van der Waals surface area contributed by atoms with Crippen LogP contribution in [-0.4, -0.2) is 44.5 Å². The molecule has 3 N–H and O–H groups in total. The molecule has 1 aromatic carbocycles. The summed E-state index contributed by atoms with van der Waals surface area (Å²) in [7, 11) is 0. The number of rotatable bonds is 28. The number of unbranched alkanes of at least 4 members (excludes halogenated alkanes) is 16. The first-order chi connectivity index (χ1) is 21.2. The molecule has 0 spiro atoms. The van der Waals surface area contributed by atoms with Gasteiger partial charge in [0.15, 0.2) is 0 Å². The van der Waals surface area contributed by atoms with Crippen molar-refractivity contribution in [3.05, 3.63) is 35.5 Å². The van der Waals surface area contributed by atoms with Gasteiger partial charge in [-0.1, -0.05) is 115 Å². The molecule has 0 amide bonds. The summed E-state index contributed by atoms with van der Waals surface area (Å²) < 4.78 is 11.3. The molecule has 6 heteroatoms. The third-order valence-electron chi connectivity index (χ3n) is 7.76. The van der Waals surface area contributed by atoms with Crippen LogP contribution in [0.3, 0.4) is 0 Å². The van der Waals surface area contributed by atoms with Gasteiger partial charge in [-0.25, -0.2) is 0 Å². The summed E-state index contributed by atoms with van der Waals surface area (Å²) in [5, 5.41) is 5.41. The van der Waals surface area contributed by atoms with Crippen molar-refractivity contribution >= 4 is 28.2 Å². The van der Waals surface area contributed by atoms with Crippen LogP contribution in [0, 0.1) is 0 Å². The Morgan fingerprint density at radius 2 is 1.12 bits per heavy atom. The lowest BCUT2D eigenvalue weighted by atomic mass is 10.1. The van der Waals surface area contributed by atoms with E-state index in [1.807, 2.05) is 30.5 Å². The monoisotopic (exact) mass is 619 g/mol. The minimum Gasteiger partial charge on any atom is -0.384 e. The minimum atomic E-state index is 0.731. The van der Waals surface area contributed by atoms with E-state index in [0.29, 0.717) is 0 Å². The van der Waals surface area contributed by atoms with E-state index in [2.05, 4.69) is 24.1 Å². The molecule has 0 unspecified atom stereocenters. The van der Waals surface area contributed by atoms with Crippen molar-refractivity contribution in [2.45, 2.75) is 142 Å². The Kier molecular flexibility index (Phi) is 28.2. The van der Waals surface area contributed by atoms with Crippen molar-refractivity contribution in [2.24, 2.45) is 5.73 Å². The molecular weight excluding hydrogens is 554 g/mol. The van der Waals surface area contributed by atoms with Gasteiger partial charge in [0.05, 0.1) is 5.52 Å². The Hall–Kier alpha value is -1.40. The van der Waals surface area contributed by atoms with Crippen LogP contribution < -0.4 is 11.1 Å². The normalized spacial score (nSPS) is 11.1. The van der Waals surface area contributed by atoms with E-state index >= 15 is 0 Å². The standard InChI is InChI=1S/C23H35ClN2O.C14H31NO/c1-2-3-4-10-17-27-18-11-8-6-5-7-9-15-25-22-14-16-26-23-19-20(24)12-13-21(22)23;1-2-3-4-10-13-16-14-11-8-6-5-7-9-12-15/h12-14,16,19H,2-11,15,17-18H2,1H3,(H,25,26);2-15H2,1H3. The number of benzene rings is 1. The number of nitrogens with zero attached hydrogens (tertiary/aromatic N) is 1. The lowest BCUT2D eigenvalue weighted by Gasteiger charge is -2.09. The maximum absolute atomic E-state index is 6.04. The van der Waals surface area contributed by atoms with Gasteiger partial charge in [0, 0.05) is 55.3 Å². The molecular formula is C37H66ClN3O2. The average Bonchev–Trinajstić information content (AvgIpc) is 3.02. The smallest absolute Gasteiger partial charge is 0.0737 e. The lowest BCUT2D eigenvalue weighted by Crippen LogP contribution is -2.02. The van der Waals surface area contributed by atoms with Gasteiger partial charge < -0.3 is 20.5 Å². The second kappa shape index (κ2) is 30.6. The average molecular weight is 620 g/mol. The van der Waals surface area contributed by atoms with E-state index in [-0.39, 0.29) is 0 Å². The van der Waals surface area contributed by atoms with Crippen molar-refractivity contribution in [1.29, 1.82) is 0 Å². The quantitative estimate of drug-likeness (QED) is 0.0927. The summed E-state index contributed by atoms with van der Waals surface area (Å²) >= 11 is 6.04. The van der Waals surface area contributed by atoms with Crippen LogP contribution in [0.2, 0.25) is 5.02 Å². The fourth-order valence-electron chi connectivity index (χ4n) is 5.06. The largest absolute Gasteiger partial charge is 0.384 e. The van der Waals surface area contributed by atoms with Crippen molar-refractivity contribution in [3.8, 4) is 0 Å². The van der Waals surface area contributed by atoms with Crippen LogP contribution in [0.1, 0.15) is 142 Å². The van der Waals surface area contributed by atoms with Gasteiger partial charge >= 0.3 is 0 Å². The van der Waals surface area contributed by atoms with Crippen molar-refractivity contribution in [3.63, 3.8) is 0 Å². The van der Waals surface area contributed by atoms with Crippen LogP contribution in [0.4, 0.5) is 5.69 Å². The molecule has 0 saturated heterocycles. The highest BCUT2D eigenvalue weighted by atomic mass is 35.5. The molecule has 43 heavy (non-hydrogen) atoms. The first-order valence-electron chi connectivity index (χ1n) is 17.9. The number of ether oxygens (including phenoxy) is 2. The number of aromatic nitrogens is 1. The summed E-state index contributed by atoms with van der Waals surface area (Å²) in [6, 6.07) is 7.92. The molecule has 0 aliphatic heterocycles. The topological polar surface area (TPSA) is 69.4 Å². The second-order valence-electron chi connectivity index (χ2n) is 11.8. The van der Waals surface area contributed by atoms with Gasteiger partial charge in [-0.15, -0.1) is 0 Å². The Labute approximate surface area is 270 Å². The van der Waals surface area contributed by atoms with Crippen molar-refractivity contribution < 1.29 is 9.47 Å². The summed E-state index contributed by atoms with van der Waals surface area (Å²) in [6.45, 7) is 10.1. The van der Waals surface area contributed by atoms with Crippen LogP contribution >= 0.6 is 11.6 Å². The summed E-state index contributed by atoms with van der Waals surface area (Å²) in [4.78, 5) is 4.39. The molecule has 2 rings (SSSR count). The van der Waals surface area contributed by atoms with Gasteiger partial charge in [-0.3, -0.25) is 4.98 Å². The lowest BCUT2D eigenvalue weighted by molar-refractivity contribution is 0.125. The Morgan fingerprint density at radius 3 is 1.65 bits per heavy atom. The Morgan fingerprint density at radius 1 is 0.628 bits per heavy atom. The van der Waals surface area contributed by atoms with Crippen LogP contribution in [-0.2, 0) is 9.47 Å². The molecule has 0 radical (unpaired) electrons. The summed E-state index contributed by atoms with van der Waals surface area (Å²) in [6.07, 6.45) is 27.6. The van der Waals surface area contributed by atoms with Gasteiger partial charge in [-0.2, -0.15) is 0 Å². The molecule has 1 heterocycles. The van der Waals surface area contributed by atoms with Gasteiger partial charge in [0.2, 0.25) is 0 Å². The van der Waals surface area contributed by atoms with Crippen LogP contribution in [0.25, 0.3) is 10.9 Å². The van der Waals surface area contributed by atoms with Crippen molar-refractivity contribution in [1.82, 2.24) is 4.98 Å². The Bertz CT molecular complexity index is 853. The van der Waals surface area contributed by atoms with E-state index in [0.717, 1.165) is 61.1 Å². The van der Waals surface area contributed by atoms with Crippen LogP contribution in [0.15, 0.2) is 30.5 Å². The molecule has 1 aromatic heterocycles. The molecule has 0 saturated carbocycles. The van der Waals surface area contributed by atoms with Crippen molar-refractivity contribution in [2.75, 3.05) is 44.8 Å².